The minimum Gasteiger partial charge on any atom is -0.330 e. The van der Waals surface area contributed by atoms with E-state index < -0.39 is 0 Å². The number of rotatable bonds is 3. The van der Waals surface area contributed by atoms with Crippen LogP contribution in [0.2, 0.25) is 0 Å². The normalized spacial score (nSPS) is 11.9. The molecule has 1 nitrogen and oxygen atoms in total. The van der Waals surface area contributed by atoms with Gasteiger partial charge in [0.1, 0.15) is 5.82 Å². The average Bonchev–Trinajstić information content (AvgIpc) is 2.10. The standard InChI is InChI=1S/C10H14FN.ClH/c1-2-8(7-12)9-3-5-10(11)6-4-9;/h3-6,8H,2,7,12H2,1H3;1H. The predicted molar refractivity (Wildman–Crippen MR) is 55.7 cm³/mol. The molecule has 1 unspecified atom stereocenters. The molecule has 0 aliphatic carbocycles. The van der Waals surface area contributed by atoms with Crippen LogP contribution in [0.1, 0.15) is 24.8 Å². The minimum atomic E-state index is -0.189. The highest BCUT2D eigenvalue weighted by atomic mass is 35.5. The lowest BCUT2D eigenvalue weighted by Gasteiger charge is -2.11. The third-order valence-electron chi connectivity index (χ3n) is 2.12. The van der Waals surface area contributed by atoms with Crippen LogP contribution in [0.4, 0.5) is 4.39 Å². The Morgan fingerprint density at radius 1 is 1.31 bits per heavy atom. The maximum absolute atomic E-state index is 12.5. The first-order valence-corrected chi connectivity index (χ1v) is 4.23. The van der Waals surface area contributed by atoms with Gasteiger partial charge in [0.25, 0.3) is 0 Å². The van der Waals surface area contributed by atoms with Crippen molar-refractivity contribution >= 4 is 12.4 Å². The van der Waals surface area contributed by atoms with Gasteiger partial charge in [-0.05, 0) is 36.6 Å². The Morgan fingerprint density at radius 3 is 2.23 bits per heavy atom. The van der Waals surface area contributed by atoms with Gasteiger partial charge in [0.15, 0.2) is 0 Å². The Kier molecular flexibility index (Phi) is 5.67. The third-order valence-corrected chi connectivity index (χ3v) is 2.12. The van der Waals surface area contributed by atoms with E-state index in [1.165, 1.54) is 12.1 Å². The fourth-order valence-electron chi connectivity index (χ4n) is 1.27. The van der Waals surface area contributed by atoms with Crippen molar-refractivity contribution in [2.45, 2.75) is 19.3 Å². The first kappa shape index (κ1) is 12.4. The summed E-state index contributed by atoms with van der Waals surface area (Å²) in [6.45, 7) is 2.71. The topological polar surface area (TPSA) is 26.0 Å². The fourth-order valence-corrected chi connectivity index (χ4v) is 1.27. The van der Waals surface area contributed by atoms with E-state index in [0.717, 1.165) is 12.0 Å². The van der Waals surface area contributed by atoms with E-state index in [4.69, 9.17) is 5.73 Å². The molecule has 0 saturated carbocycles. The van der Waals surface area contributed by atoms with Gasteiger partial charge in [-0.3, -0.25) is 0 Å². The van der Waals surface area contributed by atoms with Gasteiger partial charge in [-0.25, -0.2) is 4.39 Å². The molecule has 0 saturated heterocycles. The molecular weight excluding hydrogens is 189 g/mol. The summed E-state index contributed by atoms with van der Waals surface area (Å²) < 4.78 is 12.5. The van der Waals surface area contributed by atoms with Crippen LogP contribution < -0.4 is 5.73 Å². The number of benzene rings is 1. The Hall–Kier alpha value is -0.600. The van der Waals surface area contributed by atoms with Crippen molar-refractivity contribution in [2.24, 2.45) is 5.73 Å². The van der Waals surface area contributed by atoms with E-state index in [0.29, 0.717) is 12.5 Å². The maximum Gasteiger partial charge on any atom is 0.123 e. The van der Waals surface area contributed by atoms with Gasteiger partial charge in [0.05, 0.1) is 0 Å². The molecule has 2 N–H and O–H groups in total. The van der Waals surface area contributed by atoms with Gasteiger partial charge in [-0.2, -0.15) is 0 Å². The highest BCUT2D eigenvalue weighted by Gasteiger charge is 2.05. The molecule has 0 bridgehead atoms. The van der Waals surface area contributed by atoms with Gasteiger partial charge < -0.3 is 5.73 Å². The van der Waals surface area contributed by atoms with Gasteiger partial charge >= 0.3 is 0 Å². The molecule has 0 amide bonds. The Labute approximate surface area is 84.5 Å². The molecule has 1 atom stereocenters. The molecule has 0 spiro atoms. The molecule has 0 fully saturated rings. The Morgan fingerprint density at radius 2 is 1.85 bits per heavy atom. The highest BCUT2D eigenvalue weighted by molar-refractivity contribution is 5.85. The van der Waals surface area contributed by atoms with Crippen molar-refractivity contribution < 1.29 is 4.39 Å². The third kappa shape index (κ3) is 3.33. The van der Waals surface area contributed by atoms with Crippen LogP contribution >= 0.6 is 12.4 Å². The molecule has 0 radical (unpaired) electrons. The quantitative estimate of drug-likeness (QED) is 0.803. The molecule has 13 heavy (non-hydrogen) atoms. The number of nitrogens with two attached hydrogens (primary N) is 1. The maximum atomic E-state index is 12.5. The zero-order valence-electron chi connectivity index (χ0n) is 7.66. The number of hydrogen-bond donors (Lipinski definition) is 1. The van der Waals surface area contributed by atoms with Crippen molar-refractivity contribution in [3.8, 4) is 0 Å². The summed E-state index contributed by atoms with van der Waals surface area (Å²) in [5.41, 5.74) is 6.69. The number of hydrogen-bond acceptors (Lipinski definition) is 1. The lowest BCUT2D eigenvalue weighted by molar-refractivity contribution is 0.622. The minimum absolute atomic E-state index is 0. The van der Waals surface area contributed by atoms with E-state index >= 15 is 0 Å². The van der Waals surface area contributed by atoms with E-state index in [1.807, 2.05) is 0 Å². The second-order valence-electron chi connectivity index (χ2n) is 2.89. The Bertz CT molecular complexity index is 231. The predicted octanol–water partition coefficient (Wildman–Crippen LogP) is 2.70. The molecule has 0 aromatic heterocycles. The van der Waals surface area contributed by atoms with E-state index in [9.17, 15) is 4.39 Å². The molecule has 0 aliphatic heterocycles. The summed E-state index contributed by atoms with van der Waals surface area (Å²) >= 11 is 0. The largest absolute Gasteiger partial charge is 0.330 e. The van der Waals surface area contributed by atoms with E-state index in [2.05, 4.69) is 6.92 Å². The van der Waals surface area contributed by atoms with Crippen LogP contribution in [0.15, 0.2) is 24.3 Å². The first-order valence-electron chi connectivity index (χ1n) is 4.23. The fraction of sp³-hybridized carbons (Fsp3) is 0.400. The second kappa shape index (κ2) is 5.95. The Balaban J connectivity index is 0.00000144. The van der Waals surface area contributed by atoms with Crippen molar-refractivity contribution in [2.75, 3.05) is 6.54 Å². The molecular formula is C10H15ClFN. The lowest BCUT2D eigenvalue weighted by atomic mass is 9.97. The summed E-state index contributed by atoms with van der Waals surface area (Å²) in [6, 6.07) is 6.56. The van der Waals surface area contributed by atoms with Gasteiger partial charge in [-0.15, -0.1) is 12.4 Å². The summed E-state index contributed by atoms with van der Waals surface area (Å²) in [5, 5.41) is 0. The zero-order valence-corrected chi connectivity index (χ0v) is 8.48. The zero-order chi connectivity index (χ0) is 8.97. The molecule has 1 aromatic rings. The highest BCUT2D eigenvalue weighted by Crippen LogP contribution is 2.17. The van der Waals surface area contributed by atoms with Crippen LogP contribution in [0.25, 0.3) is 0 Å². The van der Waals surface area contributed by atoms with E-state index in [1.54, 1.807) is 12.1 Å². The molecule has 1 aromatic carbocycles. The van der Waals surface area contributed by atoms with Crippen LogP contribution in [-0.4, -0.2) is 6.54 Å². The van der Waals surface area contributed by atoms with Crippen molar-refractivity contribution in [1.82, 2.24) is 0 Å². The second-order valence-corrected chi connectivity index (χ2v) is 2.89. The smallest absolute Gasteiger partial charge is 0.123 e. The summed E-state index contributed by atoms with van der Waals surface area (Å²) in [5.74, 6) is 0.177. The van der Waals surface area contributed by atoms with Gasteiger partial charge in [0, 0.05) is 0 Å². The molecule has 3 heteroatoms. The molecule has 0 heterocycles. The summed E-state index contributed by atoms with van der Waals surface area (Å²) in [6.07, 6.45) is 1.00. The van der Waals surface area contributed by atoms with Gasteiger partial charge in [0.2, 0.25) is 0 Å². The van der Waals surface area contributed by atoms with Crippen molar-refractivity contribution in [1.29, 1.82) is 0 Å². The average molecular weight is 204 g/mol. The molecule has 1 rings (SSSR count). The number of halogens is 2. The van der Waals surface area contributed by atoms with Crippen molar-refractivity contribution in [3.63, 3.8) is 0 Å². The van der Waals surface area contributed by atoms with Crippen molar-refractivity contribution in [3.05, 3.63) is 35.6 Å². The SMILES string of the molecule is CCC(CN)c1ccc(F)cc1.Cl. The van der Waals surface area contributed by atoms with Crippen LogP contribution in [0.5, 0.6) is 0 Å². The molecule has 74 valence electrons. The summed E-state index contributed by atoms with van der Waals surface area (Å²) in [7, 11) is 0. The summed E-state index contributed by atoms with van der Waals surface area (Å²) in [4.78, 5) is 0. The first-order chi connectivity index (χ1) is 5.77. The van der Waals surface area contributed by atoms with Gasteiger partial charge in [-0.1, -0.05) is 19.1 Å². The monoisotopic (exact) mass is 203 g/mol. The van der Waals surface area contributed by atoms with Crippen LogP contribution in [0.3, 0.4) is 0 Å². The van der Waals surface area contributed by atoms with Crippen LogP contribution in [0, 0.1) is 5.82 Å². The van der Waals surface area contributed by atoms with Crippen LogP contribution in [-0.2, 0) is 0 Å². The van der Waals surface area contributed by atoms with E-state index in [-0.39, 0.29) is 18.2 Å². The molecule has 0 aliphatic rings. The lowest BCUT2D eigenvalue weighted by Crippen LogP contribution is -2.11.